The first-order valence-electron chi connectivity index (χ1n) is 9.26. The van der Waals surface area contributed by atoms with E-state index in [0.29, 0.717) is 17.5 Å². The van der Waals surface area contributed by atoms with Gasteiger partial charge in [0.05, 0.1) is 30.7 Å². The van der Waals surface area contributed by atoms with Crippen LogP contribution in [0.4, 0.5) is 17.1 Å². The average Bonchev–Trinajstić information content (AvgIpc) is 2.68. The predicted octanol–water partition coefficient (Wildman–Crippen LogP) is 6.94. The van der Waals surface area contributed by atoms with Crippen LogP contribution in [0.5, 0.6) is 0 Å². The number of nitro benzene ring substituents is 1. The molecule has 0 saturated carbocycles. The van der Waals surface area contributed by atoms with Gasteiger partial charge in [-0.25, -0.2) is 0 Å². The number of hydrogen-bond acceptors (Lipinski definition) is 4. The largest absolute Gasteiger partial charge is 0.365 e. The molecule has 2 aromatic rings. The maximum absolute atomic E-state index is 12.8. The zero-order valence-electron chi connectivity index (χ0n) is 16.2. The number of nitro groups is 1. The molecule has 1 aliphatic heterocycles. The minimum atomic E-state index is -0.618. The van der Waals surface area contributed by atoms with E-state index in [1.807, 2.05) is 4.90 Å². The predicted molar refractivity (Wildman–Crippen MR) is 123 cm³/mol. The summed E-state index contributed by atoms with van der Waals surface area (Å²) in [6, 6.07) is 5.76. The molecule has 0 bridgehead atoms. The van der Waals surface area contributed by atoms with Crippen molar-refractivity contribution >= 4 is 69.4 Å². The van der Waals surface area contributed by atoms with Crippen molar-refractivity contribution in [2.75, 3.05) is 23.3 Å². The Labute approximate surface area is 194 Å². The summed E-state index contributed by atoms with van der Waals surface area (Å²) >= 11 is 24.3. The van der Waals surface area contributed by atoms with Gasteiger partial charge in [-0.05, 0) is 36.5 Å². The molecule has 0 aliphatic carbocycles. The number of piperidine rings is 1. The summed E-state index contributed by atoms with van der Waals surface area (Å²) in [6.45, 7) is 5.70. The highest BCUT2D eigenvalue weighted by atomic mass is 35.5. The second-order valence-corrected chi connectivity index (χ2v) is 9.18. The fourth-order valence-corrected chi connectivity index (χ4v) is 4.71. The van der Waals surface area contributed by atoms with Crippen molar-refractivity contribution in [1.29, 1.82) is 0 Å². The maximum atomic E-state index is 12.8. The Morgan fingerprint density at radius 3 is 2.17 bits per heavy atom. The summed E-state index contributed by atoms with van der Waals surface area (Å²) < 4.78 is 0. The smallest absolute Gasteiger partial charge is 0.293 e. The number of rotatable bonds is 4. The van der Waals surface area contributed by atoms with E-state index in [-0.39, 0.29) is 37.0 Å². The lowest BCUT2D eigenvalue weighted by Gasteiger charge is -2.36. The Hall–Kier alpha value is -1.73. The first kappa shape index (κ1) is 22.9. The quantitative estimate of drug-likeness (QED) is 0.286. The molecule has 1 heterocycles. The molecule has 30 heavy (non-hydrogen) atoms. The Kier molecular flexibility index (Phi) is 7.02. The van der Waals surface area contributed by atoms with Gasteiger partial charge in [0.1, 0.15) is 5.69 Å². The van der Waals surface area contributed by atoms with E-state index < -0.39 is 10.8 Å². The number of nitrogens with zero attached hydrogens (tertiary/aromatic N) is 2. The van der Waals surface area contributed by atoms with Gasteiger partial charge in [-0.2, -0.15) is 0 Å². The minimum Gasteiger partial charge on any atom is -0.365 e. The molecular formula is C20H19Cl4N3O3. The van der Waals surface area contributed by atoms with E-state index in [1.165, 1.54) is 18.2 Å². The summed E-state index contributed by atoms with van der Waals surface area (Å²) in [5.74, 6) is 0.230. The number of benzene rings is 2. The number of nitrogens with one attached hydrogen (secondary N) is 1. The molecule has 10 heteroatoms. The Balaban J connectivity index is 1.93. The molecule has 2 aromatic carbocycles. The van der Waals surface area contributed by atoms with Crippen molar-refractivity contribution in [3.8, 4) is 0 Å². The first-order valence-corrected chi connectivity index (χ1v) is 10.8. The molecule has 6 nitrogen and oxygen atoms in total. The lowest BCUT2D eigenvalue weighted by molar-refractivity contribution is -0.384. The monoisotopic (exact) mass is 489 g/mol. The fourth-order valence-electron chi connectivity index (χ4n) is 3.81. The van der Waals surface area contributed by atoms with Crippen LogP contribution in [0.3, 0.4) is 0 Å². The van der Waals surface area contributed by atoms with Gasteiger partial charge in [0.2, 0.25) is 0 Å². The standard InChI is InChI=1S/C20H19Cl4N3O3/c1-10-5-11(2)9-26(8-10)15-4-3-12(6-16(15)27(29)30)20(28)25-19-17(23)13(21)7-14(22)18(19)24/h3-4,6-7,10-11H,5,8-9H2,1-2H3,(H,25,28)/t10-,11-/m1/s1. The van der Waals surface area contributed by atoms with Crippen LogP contribution in [0.1, 0.15) is 30.6 Å². The van der Waals surface area contributed by atoms with E-state index in [1.54, 1.807) is 6.07 Å². The average molecular weight is 491 g/mol. The van der Waals surface area contributed by atoms with Crippen LogP contribution in [0.15, 0.2) is 24.3 Å². The molecule has 0 radical (unpaired) electrons. The van der Waals surface area contributed by atoms with Crippen LogP contribution in [0, 0.1) is 22.0 Å². The molecule has 160 valence electrons. The van der Waals surface area contributed by atoms with E-state index >= 15 is 0 Å². The molecular weight excluding hydrogens is 472 g/mol. The molecule has 1 N–H and O–H groups in total. The van der Waals surface area contributed by atoms with Gasteiger partial charge in [0, 0.05) is 24.7 Å². The number of carbonyl (C=O) groups excluding carboxylic acids is 1. The third-order valence-electron chi connectivity index (χ3n) is 4.99. The van der Waals surface area contributed by atoms with Crippen LogP contribution in [0.2, 0.25) is 20.1 Å². The number of amides is 1. The highest BCUT2D eigenvalue weighted by molar-refractivity contribution is 6.50. The van der Waals surface area contributed by atoms with Gasteiger partial charge < -0.3 is 10.2 Å². The summed E-state index contributed by atoms with van der Waals surface area (Å²) in [5.41, 5.74) is 0.500. The summed E-state index contributed by atoms with van der Waals surface area (Å²) in [4.78, 5) is 26.0. The van der Waals surface area contributed by atoms with Gasteiger partial charge in [-0.1, -0.05) is 60.3 Å². The third-order valence-corrected chi connectivity index (χ3v) is 6.57. The van der Waals surface area contributed by atoms with Gasteiger partial charge in [-0.3, -0.25) is 14.9 Å². The summed E-state index contributed by atoms with van der Waals surface area (Å²) in [5, 5.41) is 14.6. The van der Waals surface area contributed by atoms with Crippen LogP contribution in [-0.4, -0.2) is 23.9 Å². The SMILES string of the molecule is C[C@@H]1C[C@@H](C)CN(c2ccc(C(=O)Nc3c(Cl)c(Cl)cc(Cl)c3Cl)cc2[N+](=O)[O-])C1. The maximum Gasteiger partial charge on any atom is 0.293 e. The van der Waals surface area contributed by atoms with E-state index in [0.717, 1.165) is 19.5 Å². The number of hydrogen-bond donors (Lipinski definition) is 1. The van der Waals surface area contributed by atoms with Crippen molar-refractivity contribution < 1.29 is 9.72 Å². The summed E-state index contributed by atoms with van der Waals surface area (Å²) in [6.07, 6.45) is 1.08. The van der Waals surface area contributed by atoms with Gasteiger partial charge in [0.25, 0.3) is 11.6 Å². The molecule has 0 unspecified atom stereocenters. The molecule has 3 rings (SSSR count). The Morgan fingerprint density at radius 1 is 1.07 bits per heavy atom. The van der Waals surface area contributed by atoms with Crippen molar-refractivity contribution in [1.82, 2.24) is 0 Å². The van der Waals surface area contributed by atoms with Crippen molar-refractivity contribution in [3.63, 3.8) is 0 Å². The molecule has 2 atom stereocenters. The van der Waals surface area contributed by atoms with Crippen molar-refractivity contribution in [2.24, 2.45) is 11.8 Å². The van der Waals surface area contributed by atoms with Crippen LogP contribution in [-0.2, 0) is 0 Å². The minimum absolute atomic E-state index is 0.0295. The van der Waals surface area contributed by atoms with E-state index in [4.69, 9.17) is 46.4 Å². The highest BCUT2D eigenvalue weighted by Crippen LogP contribution is 2.41. The Morgan fingerprint density at radius 2 is 1.63 bits per heavy atom. The number of carbonyl (C=O) groups is 1. The molecule has 0 spiro atoms. The highest BCUT2D eigenvalue weighted by Gasteiger charge is 2.28. The van der Waals surface area contributed by atoms with Crippen LogP contribution in [0.25, 0.3) is 0 Å². The fraction of sp³-hybridized carbons (Fsp3) is 0.350. The normalized spacial score (nSPS) is 18.9. The molecule has 1 fully saturated rings. The van der Waals surface area contributed by atoms with Gasteiger partial charge in [-0.15, -0.1) is 0 Å². The van der Waals surface area contributed by atoms with Crippen molar-refractivity contribution in [3.05, 3.63) is 60.0 Å². The molecule has 1 amide bonds. The van der Waals surface area contributed by atoms with Crippen LogP contribution >= 0.6 is 46.4 Å². The van der Waals surface area contributed by atoms with Crippen LogP contribution < -0.4 is 10.2 Å². The molecule has 0 aromatic heterocycles. The first-order chi connectivity index (χ1) is 14.1. The molecule has 1 saturated heterocycles. The zero-order valence-corrected chi connectivity index (χ0v) is 19.2. The van der Waals surface area contributed by atoms with E-state index in [2.05, 4.69) is 19.2 Å². The number of halogens is 4. The zero-order chi connectivity index (χ0) is 22.2. The van der Waals surface area contributed by atoms with Gasteiger partial charge in [0.15, 0.2) is 0 Å². The van der Waals surface area contributed by atoms with Gasteiger partial charge >= 0.3 is 0 Å². The lowest BCUT2D eigenvalue weighted by Crippen LogP contribution is -2.39. The topological polar surface area (TPSA) is 75.5 Å². The number of anilines is 2. The second kappa shape index (κ2) is 9.18. The summed E-state index contributed by atoms with van der Waals surface area (Å²) in [7, 11) is 0. The molecule has 1 aliphatic rings. The Bertz CT molecular complexity index is 979. The van der Waals surface area contributed by atoms with Crippen molar-refractivity contribution in [2.45, 2.75) is 20.3 Å². The second-order valence-electron chi connectivity index (χ2n) is 7.61. The third kappa shape index (κ3) is 4.78. The lowest BCUT2D eigenvalue weighted by atomic mass is 9.91. The van der Waals surface area contributed by atoms with E-state index in [9.17, 15) is 14.9 Å².